The standard InChI is InChI=1S/C17H18ClNO/c1-19-10-9-12-7-8-14(20)11-15(12)16(17(19)18)13-5-3-2-4-6-13/h2-8,11,16-17,20H,9-10H2,1H3. The third-order valence-electron chi connectivity index (χ3n) is 4.05. The smallest absolute Gasteiger partial charge is 0.115 e. The van der Waals surface area contributed by atoms with Crippen LogP contribution in [0, 0.1) is 0 Å². The highest BCUT2D eigenvalue weighted by Gasteiger charge is 2.31. The summed E-state index contributed by atoms with van der Waals surface area (Å²) in [6.45, 7) is 0.926. The van der Waals surface area contributed by atoms with Gasteiger partial charge in [0.25, 0.3) is 0 Å². The molecule has 0 fully saturated rings. The molecule has 0 saturated heterocycles. The first-order chi connectivity index (χ1) is 9.66. The summed E-state index contributed by atoms with van der Waals surface area (Å²) in [5.74, 6) is 0.380. The van der Waals surface area contributed by atoms with Gasteiger partial charge in [-0.1, -0.05) is 36.4 Å². The monoisotopic (exact) mass is 287 g/mol. The molecule has 0 amide bonds. The van der Waals surface area contributed by atoms with Gasteiger partial charge in [0.05, 0.1) is 5.50 Å². The minimum Gasteiger partial charge on any atom is -0.508 e. The van der Waals surface area contributed by atoms with Crippen LogP contribution in [0.5, 0.6) is 5.75 Å². The fraction of sp³-hybridized carbons (Fsp3) is 0.294. The zero-order chi connectivity index (χ0) is 14.1. The third-order valence-corrected chi connectivity index (χ3v) is 4.64. The Morgan fingerprint density at radius 2 is 1.90 bits per heavy atom. The molecular formula is C17H18ClNO. The van der Waals surface area contributed by atoms with Crippen molar-refractivity contribution in [2.45, 2.75) is 17.8 Å². The summed E-state index contributed by atoms with van der Waals surface area (Å²) in [5, 5.41) is 9.84. The molecule has 1 aliphatic heterocycles. The lowest BCUT2D eigenvalue weighted by Crippen LogP contribution is -2.32. The van der Waals surface area contributed by atoms with Crippen LogP contribution in [0.15, 0.2) is 48.5 Å². The van der Waals surface area contributed by atoms with Crippen molar-refractivity contribution in [1.82, 2.24) is 4.90 Å². The average molecular weight is 288 g/mol. The number of nitrogens with zero attached hydrogens (tertiary/aromatic N) is 1. The van der Waals surface area contributed by atoms with Crippen molar-refractivity contribution in [3.05, 3.63) is 65.2 Å². The van der Waals surface area contributed by atoms with Crippen molar-refractivity contribution in [2.75, 3.05) is 13.6 Å². The molecular weight excluding hydrogens is 270 g/mol. The largest absolute Gasteiger partial charge is 0.508 e. The van der Waals surface area contributed by atoms with Crippen molar-refractivity contribution in [1.29, 1.82) is 0 Å². The number of alkyl halides is 1. The number of likely N-dealkylation sites (N-methyl/N-ethyl adjacent to an activating group) is 1. The van der Waals surface area contributed by atoms with Crippen LogP contribution in [0.3, 0.4) is 0 Å². The Morgan fingerprint density at radius 3 is 2.65 bits per heavy atom. The van der Waals surface area contributed by atoms with Gasteiger partial charge in [0, 0.05) is 12.5 Å². The summed E-state index contributed by atoms with van der Waals surface area (Å²) in [5.41, 5.74) is 3.49. The predicted molar refractivity (Wildman–Crippen MR) is 82.4 cm³/mol. The molecule has 2 unspecified atom stereocenters. The van der Waals surface area contributed by atoms with Gasteiger partial charge < -0.3 is 5.11 Å². The Kier molecular flexibility index (Phi) is 3.68. The number of halogens is 1. The van der Waals surface area contributed by atoms with E-state index in [4.69, 9.17) is 11.6 Å². The maximum absolute atomic E-state index is 9.84. The van der Waals surface area contributed by atoms with Gasteiger partial charge in [-0.2, -0.15) is 0 Å². The molecule has 0 spiro atoms. The van der Waals surface area contributed by atoms with Gasteiger partial charge in [-0.15, -0.1) is 11.6 Å². The van der Waals surface area contributed by atoms with Gasteiger partial charge in [0.1, 0.15) is 5.75 Å². The van der Waals surface area contributed by atoms with Gasteiger partial charge in [-0.3, -0.25) is 4.90 Å². The molecule has 20 heavy (non-hydrogen) atoms. The van der Waals surface area contributed by atoms with Crippen molar-refractivity contribution in [2.24, 2.45) is 0 Å². The van der Waals surface area contributed by atoms with E-state index in [1.165, 1.54) is 11.1 Å². The topological polar surface area (TPSA) is 23.5 Å². The van der Waals surface area contributed by atoms with Crippen LogP contribution in [0.25, 0.3) is 0 Å². The van der Waals surface area contributed by atoms with Crippen LogP contribution < -0.4 is 0 Å². The van der Waals surface area contributed by atoms with Gasteiger partial charge in [0.2, 0.25) is 0 Å². The van der Waals surface area contributed by atoms with Gasteiger partial charge in [-0.25, -0.2) is 0 Å². The second kappa shape index (κ2) is 5.47. The Bertz CT molecular complexity index is 599. The quantitative estimate of drug-likeness (QED) is 0.640. The minimum absolute atomic E-state index is 0.0764. The maximum atomic E-state index is 9.84. The molecule has 0 aliphatic carbocycles. The van der Waals surface area contributed by atoms with Gasteiger partial charge >= 0.3 is 0 Å². The second-order valence-electron chi connectivity index (χ2n) is 5.37. The number of phenols is 1. The average Bonchev–Trinajstić information content (AvgIpc) is 2.58. The molecule has 2 atom stereocenters. The van der Waals surface area contributed by atoms with Crippen molar-refractivity contribution in [3.63, 3.8) is 0 Å². The molecule has 0 bridgehead atoms. The molecule has 2 nitrogen and oxygen atoms in total. The summed E-state index contributed by atoms with van der Waals surface area (Å²) in [6.07, 6.45) is 0.957. The van der Waals surface area contributed by atoms with Gasteiger partial charge in [-0.05, 0) is 42.3 Å². The van der Waals surface area contributed by atoms with E-state index in [1.807, 2.05) is 30.3 Å². The van der Waals surface area contributed by atoms with Crippen LogP contribution in [0.2, 0.25) is 0 Å². The molecule has 0 radical (unpaired) electrons. The molecule has 0 saturated carbocycles. The van der Waals surface area contributed by atoms with E-state index in [0.717, 1.165) is 18.5 Å². The molecule has 1 heterocycles. The lowest BCUT2D eigenvalue weighted by atomic mass is 9.87. The van der Waals surface area contributed by atoms with Gasteiger partial charge in [0.15, 0.2) is 0 Å². The van der Waals surface area contributed by atoms with Crippen LogP contribution >= 0.6 is 11.6 Å². The molecule has 104 valence electrons. The van der Waals surface area contributed by atoms with E-state index in [9.17, 15) is 5.11 Å². The number of hydrogen-bond donors (Lipinski definition) is 1. The number of aromatic hydroxyl groups is 1. The summed E-state index contributed by atoms with van der Waals surface area (Å²) in [7, 11) is 2.05. The number of benzene rings is 2. The molecule has 2 aromatic rings. The van der Waals surface area contributed by atoms with E-state index in [-0.39, 0.29) is 11.4 Å². The first-order valence-electron chi connectivity index (χ1n) is 6.88. The van der Waals surface area contributed by atoms with E-state index in [1.54, 1.807) is 6.07 Å². The number of fused-ring (bicyclic) bond motifs is 1. The number of hydrogen-bond acceptors (Lipinski definition) is 2. The SMILES string of the molecule is CN1CCc2ccc(O)cc2C(c2ccccc2)C1Cl. The maximum Gasteiger partial charge on any atom is 0.115 e. The zero-order valence-corrected chi connectivity index (χ0v) is 12.2. The lowest BCUT2D eigenvalue weighted by molar-refractivity contribution is 0.303. The molecule has 1 N–H and O–H groups in total. The normalized spacial score (nSPS) is 23.1. The van der Waals surface area contributed by atoms with Crippen molar-refractivity contribution >= 4 is 11.6 Å². The highest BCUT2D eigenvalue weighted by atomic mass is 35.5. The zero-order valence-electron chi connectivity index (χ0n) is 11.5. The minimum atomic E-state index is -0.111. The Morgan fingerprint density at radius 1 is 1.15 bits per heavy atom. The van der Waals surface area contributed by atoms with Crippen LogP contribution in [0.4, 0.5) is 0 Å². The van der Waals surface area contributed by atoms with E-state index in [2.05, 4.69) is 24.1 Å². The second-order valence-corrected chi connectivity index (χ2v) is 5.82. The first-order valence-corrected chi connectivity index (χ1v) is 7.31. The molecule has 2 aromatic carbocycles. The van der Waals surface area contributed by atoms with E-state index < -0.39 is 0 Å². The molecule has 3 heteroatoms. The summed E-state index contributed by atoms with van der Waals surface area (Å²) < 4.78 is 0. The van der Waals surface area contributed by atoms with Crippen LogP contribution in [-0.4, -0.2) is 29.1 Å². The highest BCUT2D eigenvalue weighted by Crippen LogP contribution is 2.38. The fourth-order valence-electron chi connectivity index (χ4n) is 2.92. The molecule has 0 aromatic heterocycles. The predicted octanol–water partition coefficient (Wildman–Crippen LogP) is 3.58. The van der Waals surface area contributed by atoms with Crippen molar-refractivity contribution in [3.8, 4) is 5.75 Å². The summed E-state index contributed by atoms with van der Waals surface area (Å²) in [4.78, 5) is 2.18. The van der Waals surface area contributed by atoms with Crippen LogP contribution in [0.1, 0.15) is 22.6 Å². The Hall–Kier alpha value is -1.51. The summed E-state index contributed by atoms with van der Waals surface area (Å²) >= 11 is 6.70. The van der Waals surface area contributed by atoms with E-state index >= 15 is 0 Å². The molecule has 1 aliphatic rings. The Balaban J connectivity index is 2.16. The summed E-state index contributed by atoms with van der Waals surface area (Å²) in [6, 6.07) is 15.9. The first kappa shape index (κ1) is 13.5. The van der Waals surface area contributed by atoms with Crippen LogP contribution in [-0.2, 0) is 6.42 Å². The third kappa shape index (κ3) is 2.41. The van der Waals surface area contributed by atoms with E-state index in [0.29, 0.717) is 5.75 Å². The highest BCUT2D eigenvalue weighted by molar-refractivity contribution is 6.21. The number of phenolic OH excluding ortho intramolecular Hbond substituents is 1. The Labute approximate surface area is 124 Å². The fourth-order valence-corrected chi connectivity index (χ4v) is 3.30. The number of rotatable bonds is 1. The van der Waals surface area contributed by atoms with Crippen molar-refractivity contribution < 1.29 is 5.11 Å². The lowest BCUT2D eigenvalue weighted by Gasteiger charge is -2.28. The molecule has 3 rings (SSSR count).